The molecule has 1 aromatic rings. The van der Waals surface area contributed by atoms with Crippen molar-refractivity contribution in [1.82, 2.24) is 5.32 Å². The minimum absolute atomic E-state index is 0.129. The molecule has 1 unspecified atom stereocenters. The smallest absolute Gasteiger partial charge is 0.141 e. The van der Waals surface area contributed by atoms with Crippen LogP contribution in [0.3, 0.4) is 0 Å². The number of hydrogen-bond donors (Lipinski definition) is 1. The minimum atomic E-state index is -1.31. The zero-order chi connectivity index (χ0) is 13.2. The molecule has 1 aromatic carbocycles. The first-order valence-corrected chi connectivity index (χ1v) is 5.86. The van der Waals surface area contributed by atoms with Crippen LogP contribution in [-0.4, -0.2) is 12.1 Å². The standard InChI is InChI=1S/C14H21F2N/c1-9-6-10(2)13(11(15)7-9)12(16)8-17-14(3,4)5/h6-7,12,17H,8H2,1-5H3. The van der Waals surface area contributed by atoms with Crippen LogP contribution in [0.1, 0.15) is 43.6 Å². The van der Waals surface area contributed by atoms with Gasteiger partial charge in [-0.05, 0) is 51.8 Å². The Morgan fingerprint density at radius 3 is 2.29 bits per heavy atom. The first-order valence-electron chi connectivity index (χ1n) is 5.86. The summed E-state index contributed by atoms with van der Waals surface area (Å²) in [6.07, 6.45) is -1.31. The Hall–Kier alpha value is -0.960. The van der Waals surface area contributed by atoms with Gasteiger partial charge in [-0.1, -0.05) is 6.07 Å². The molecule has 0 saturated heterocycles. The summed E-state index contributed by atoms with van der Waals surface area (Å²) in [5.74, 6) is -0.453. The van der Waals surface area contributed by atoms with E-state index in [1.165, 1.54) is 6.07 Å². The monoisotopic (exact) mass is 241 g/mol. The van der Waals surface area contributed by atoms with Crippen molar-refractivity contribution in [3.63, 3.8) is 0 Å². The molecular formula is C14H21F2N. The van der Waals surface area contributed by atoms with Crippen molar-refractivity contribution in [3.05, 3.63) is 34.6 Å². The highest BCUT2D eigenvalue weighted by atomic mass is 19.1. The molecule has 17 heavy (non-hydrogen) atoms. The number of nitrogens with one attached hydrogen (secondary N) is 1. The Morgan fingerprint density at radius 1 is 1.24 bits per heavy atom. The van der Waals surface area contributed by atoms with Crippen molar-refractivity contribution in [1.29, 1.82) is 0 Å². The quantitative estimate of drug-likeness (QED) is 0.847. The van der Waals surface area contributed by atoms with Crippen LogP contribution in [0.2, 0.25) is 0 Å². The molecule has 0 aromatic heterocycles. The van der Waals surface area contributed by atoms with Gasteiger partial charge in [0.05, 0.1) is 0 Å². The number of aryl methyl sites for hydroxylation is 2. The molecule has 0 aliphatic carbocycles. The second-order valence-corrected chi connectivity index (χ2v) is 5.58. The van der Waals surface area contributed by atoms with Crippen LogP contribution >= 0.6 is 0 Å². The fourth-order valence-electron chi connectivity index (χ4n) is 1.82. The van der Waals surface area contributed by atoms with Crippen LogP contribution in [0, 0.1) is 19.7 Å². The van der Waals surface area contributed by atoms with E-state index >= 15 is 0 Å². The Balaban J connectivity index is 2.86. The van der Waals surface area contributed by atoms with Gasteiger partial charge < -0.3 is 5.32 Å². The highest BCUT2D eigenvalue weighted by Crippen LogP contribution is 2.25. The average Bonchev–Trinajstić information content (AvgIpc) is 2.11. The van der Waals surface area contributed by atoms with Crippen LogP contribution in [-0.2, 0) is 0 Å². The van der Waals surface area contributed by atoms with Crippen LogP contribution in [0.5, 0.6) is 0 Å². The lowest BCUT2D eigenvalue weighted by molar-refractivity contribution is 0.284. The second kappa shape index (κ2) is 5.13. The second-order valence-electron chi connectivity index (χ2n) is 5.58. The van der Waals surface area contributed by atoms with Crippen molar-refractivity contribution >= 4 is 0 Å². The first kappa shape index (κ1) is 14.1. The number of rotatable bonds is 3. The van der Waals surface area contributed by atoms with Crippen molar-refractivity contribution < 1.29 is 8.78 Å². The van der Waals surface area contributed by atoms with E-state index in [-0.39, 0.29) is 17.6 Å². The van der Waals surface area contributed by atoms with Gasteiger partial charge in [0.1, 0.15) is 12.0 Å². The van der Waals surface area contributed by atoms with Crippen LogP contribution in [0.4, 0.5) is 8.78 Å². The van der Waals surface area contributed by atoms with E-state index in [1.807, 2.05) is 26.8 Å². The van der Waals surface area contributed by atoms with Crippen molar-refractivity contribution in [2.75, 3.05) is 6.54 Å². The van der Waals surface area contributed by atoms with E-state index < -0.39 is 12.0 Å². The van der Waals surface area contributed by atoms with E-state index in [4.69, 9.17) is 0 Å². The van der Waals surface area contributed by atoms with E-state index in [1.54, 1.807) is 13.8 Å². The van der Waals surface area contributed by atoms with Gasteiger partial charge >= 0.3 is 0 Å². The van der Waals surface area contributed by atoms with Crippen molar-refractivity contribution in [2.24, 2.45) is 0 Å². The summed E-state index contributed by atoms with van der Waals surface area (Å²) in [4.78, 5) is 0. The first-order chi connectivity index (χ1) is 7.70. The Morgan fingerprint density at radius 2 is 1.82 bits per heavy atom. The molecule has 0 radical (unpaired) electrons. The molecule has 0 bridgehead atoms. The van der Waals surface area contributed by atoms with Crippen molar-refractivity contribution in [2.45, 2.75) is 46.3 Å². The molecule has 0 fully saturated rings. The molecule has 96 valence electrons. The van der Waals surface area contributed by atoms with Gasteiger partial charge in [0, 0.05) is 17.6 Å². The topological polar surface area (TPSA) is 12.0 Å². The average molecular weight is 241 g/mol. The highest BCUT2D eigenvalue weighted by Gasteiger charge is 2.20. The van der Waals surface area contributed by atoms with Crippen molar-refractivity contribution in [3.8, 4) is 0 Å². The van der Waals surface area contributed by atoms with Crippen LogP contribution < -0.4 is 5.32 Å². The van der Waals surface area contributed by atoms with E-state index in [2.05, 4.69) is 5.32 Å². The zero-order valence-electron chi connectivity index (χ0n) is 11.2. The molecule has 0 spiro atoms. The van der Waals surface area contributed by atoms with Crippen LogP contribution in [0.15, 0.2) is 12.1 Å². The minimum Gasteiger partial charge on any atom is -0.309 e. The van der Waals surface area contributed by atoms with Gasteiger partial charge in [0.15, 0.2) is 0 Å². The maximum Gasteiger partial charge on any atom is 0.141 e. The summed E-state index contributed by atoms with van der Waals surface area (Å²) in [7, 11) is 0. The van der Waals surface area contributed by atoms with Gasteiger partial charge in [-0.3, -0.25) is 0 Å². The van der Waals surface area contributed by atoms with Gasteiger partial charge in [0.2, 0.25) is 0 Å². The van der Waals surface area contributed by atoms with Gasteiger partial charge in [-0.15, -0.1) is 0 Å². The molecule has 0 heterocycles. The molecule has 0 aliphatic rings. The van der Waals surface area contributed by atoms with E-state index in [9.17, 15) is 8.78 Å². The lowest BCUT2D eigenvalue weighted by Gasteiger charge is -2.23. The van der Waals surface area contributed by atoms with Gasteiger partial charge in [-0.25, -0.2) is 8.78 Å². The molecule has 0 saturated carbocycles. The molecule has 1 nitrogen and oxygen atoms in total. The number of halogens is 2. The Kier molecular flexibility index (Phi) is 4.26. The normalized spacial score (nSPS) is 13.8. The Bertz CT molecular complexity index is 371. The summed E-state index contributed by atoms with van der Waals surface area (Å²) in [6, 6.07) is 3.19. The van der Waals surface area contributed by atoms with E-state index in [0.29, 0.717) is 5.56 Å². The molecule has 1 rings (SSSR count). The largest absolute Gasteiger partial charge is 0.309 e. The van der Waals surface area contributed by atoms with Gasteiger partial charge in [0.25, 0.3) is 0 Å². The maximum absolute atomic E-state index is 14.0. The fraction of sp³-hybridized carbons (Fsp3) is 0.571. The molecular weight excluding hydrogens is 220 g/mol. The summed E-state index contributed by atoms with van der Waals surface area (Å²) in [5, 5.41) is 3.05. The molecule has 1 N–H and O–H groups in total. The summed E-state index contributed by atoms with van der Waals surface area (Å²) >= 11 is 0. The summed E-state index contributed by atoms with van der Waals surface area (Å²) in [5.41, 5.74) is 1.50. The van der Waals surface area contributed by atoms with E-state index in [0.717, 1.165) is 5.56 Å². The summed E-state index contributed by atoms with van der Waals surface area (Å²) < 4.78 is 27.7. The fourth-order valence-corrected chi connectivity index (χ4v) is 1.82. The third-order valence-electron chi connectivity index (χ3n) is 2.61. The lowest BCUT2D eigenvalue weighted by atomic mass is 10.00. The van der Waals surface area contributed by atoms with Crippen LogP contribution in [0.25, 0.3) is 0 Å². The summed E-state index contributed by atoms with van der Waals surface area (Å²) in [6.45, 7) is 9.55. The molecule has 0 amide bonds. The van der Waals surface area contributed by atoms with Gasteiger partial charge in [-0.2, -0.15) is 0 Å². The third-order valence-corrected chi connectivity index (χ3v) is 2.61. The molecule has 3 heteroatoms. The number of benzene rings is 1. The molecule has 0 aliphatic heterocycles. The third kappa shape index (κ3) is 4.08. The highest BCUT2D eigenvalue weighted by molar-refractivity contribution is 5.33. The lowest BCUT2D eigenvalue weighted by Crippen LogP contribution is -2.38. The maximum atomic E-state index is 14.0. The number of alkyl halides is 1. The zero-order valence-corrected chi connectivity index (χ0v) is 11.2. The predicted molar refractivity (Wildman–Crippen MR) is 67.5 cm³/mol. The Labute approximate surface area is 102 Å². The SMILES string of the molecule is Cc1cc(C)c(C(F)CNC(C)(C)C)c(F)c1. The predicted octanol–water partition coefficient (Wildman–Crippen LogP) is 3.84. The number of hydrogen-bond acceptors (Lipinski definition) is 1. The molecule has 1 atom stereocenters.